The average Bonchev–Trinajstić information content (AvgIpc) is 2.82. The van der Waals surface area contributed by atoms with Gasteiger partial charge >= 0.3 is 6.03 Å². The van der Waals surface area contributed by atoms with Crippen molar-refractivity contribution < 1.29 is 4.79 Å². The van der Waals surface area contributed by atoms with E-state index in [1.54, 1.807) is 0 Å². The molecule has 2 aromatic carbocycles. The van der Waals surface area contributed by atoms with Gasteiger partial charge in [-0.05, 0) is 43.7 Å². The Bertz CT molecular complexity index is 1200. The maximum absolute atomic E-state index is 13.2. The van der Waals surface area contributed by atoms with Crippen LogP contribution in [0.15, 0.2) is 60.8 Å². The van der Waals surface area contributed by atoms with E-state index in [2.05, 4.69) is 64.3 Å². The van der Waals surface area contributed by atoms with Gasteiger partial charge in [-0.15, -0.1) is 0 Å². The minimum Gasteiger partial charge on any atom is -0.335 e. The lowest BCUT2D eigenvalue weighted by atomic mass is 9.60. The van der Waals surface area contributed by atoms with Gasteiger partial charge in [-0.2, -0.15) is 0 Å². The summed E-state index contributed by atoms with van der Waals surface area (Å²) in [6.45, 7) is 8.99. The molecule has 6 rings (SSSR count). The second kappa shape index (κ2) is 8.79. The van der Waals surface area contributed by atoms with Crippen LogP contribution in [0.25, 0.3) is 10.9 Å². The van der Waals surface area contributed by atoms with E-state index in [1.807, 2.05) is 35.4 Å². The summed E-state index contributed by atoms with van der Waals surface area (Å²) in [7, 11) is 0. The van der Waals surface area contributed by atoms with Crippen LogP contribution in [-0.2, 0) is 6.54 Å². The Morgan fingerprint density at radius 1 is 1.00 bits per heavy atom. The smallest absolute Gasteiger partial charge is 0.317 e. The number of urea groups is 1. The monoisotopic (exact) mass is 470 g/mol. The van der Waals surface area contributed by atoms with E-state index in [9.17, 15) is 4.79 Å². The van der Waals surface area contributed by atoms with Crippen molar-refractivity contribution in [1.82, 2.24) is 25.1 Å². The Morgan fingerprint density at radius 3 is 2.54 bits per heavy atom. The Kier molecular flexibility index (Phi) is 5.60. The Balaban J connectivity index is 1.00. The van der Waals surface area contributed by atoms with E-state index >= 15 is 0 Å². The van der Waals surface area contributed by atoms with Crippen LogP contribution in [0.3, 0.4) is 0 Å². The molecule has 1 N–H and O–H groups in total. The summed E-state index contributed by atoms with van der Waals surface area (Å²) < 4.78 is 0. The number of nitrogens with zero attached hydrogens (tertiary/aromatic N) is 5. The third-order valence-electron chi connectivity index (χ3n) is 8.03. The first-order valence-electron chi connectivity index (χ1n) is 12.8. The first-order chi connectivity index (χ1) is 17.0. The summed E-state index contributed by atoms with van der Waals surface area (Å²) in [5.41, 5.74) is 2.75. The molecule has 2 saturated heterocycles. The predicted molar refractivity (Wildman–Crippen MR) is 138 cm³/mol. The first kappa shape index (κ1) is 22.3. The van der Waals surface area contributed by atoms with Crippen molar-refractivity contribution in [3.8, 4) is 0 Å². The van der Waals surface area contributed by atoms with Gasteiger partial charge < -0.3 is 15.1 Å². The highest BCUT2D eigenvalue weighted by Crippen LogP contribution is 2.48. The number of benzene rings is 2. The van der Waals surface area contributed by atoms with E-state index in [4.69, 9.17) is 4.98 Å². The van der Waals surface area contributed by atoms with Crippen LogP contribution >= 0.6 is 0 Å². The standard InChI is InChI=1S/C28H34N6O/c1-20-16-34(21(2)15-33(20)26-29-14-23-10-6-7-11-25(23)31-26)27(35)30-24-12-28(13-24)18-32(19-28)17-22-8-4-3-5-9-22/h3-11,14,20-21,24H,12-13,15-19H2,1-2H3,(H,30,35)/t20-,21+/m0/s1. The van der Waals surface area contributed by atoms with Crippen molar-refractivity contribution in [2.24, 2.45) is 5.41 Å². The van der Waals surface area contributed by atoms with Crippen LogP contribution in [0.5, 0.6) is 0 Å². The van der Waals surface area contributed by atoms with Gasteiger partial charge in [0.25, 0.3) is 0 Å². The van der Waals surface area contributed by atoms with Gasteiger partial charge in [-0.25, -0.2) is 14.8 Å². The fourth-order valence-corrected chi connectivity index (χ4v) is 6.25. The van der Waals surface area contributed by atoms with E-state index in [-0.39, 0.29) is 18.1 Å². The second-order valence-corrected chi connectivity index (χ2v) is 10.9. The molecular weight excluding hydrogens is 436 g/mol. The number of fused-ring (bicyclic) bond motifs is 1. The summed E-state index contributed by atoms with van der Waals surface area (Å²) in [5.74, 6) is 0.745. The Hall–Kier alpha value is -3.19. The highest BCUT2D eigenvalue weighted by molar-refractivity contribution is 5.79. The van der Waals surface area contributed by atoms with Crippen LogP contribution in [0.4, 0.5) is 10.7 Å². The lowest BCUT2D eigenvalue weighted by Gasteiger charge is -2.59. The van der Waals surface area contributed by atoms with Crippen molar-refractivity contribution in [3.05, 3.63) is 66.4 Å². The highest BCUT2D eigenvalue weighted by atomic mass is 16.2. The van der Waals surface area contributed by atoms with E-state index in [1.165, 1.54) is 5.56 Å². The van der Waals surface area contributed by atoms with Crippen LogP contribution in [0.2, 0.25) is 0 Å². The van der Waals surface area contributed by atoms with Gasteiger partial charge in [-0.1, -0.05) is 48.5 Å². The molecule has 2 atom stereocenters. The Labute approximate surface area is 207 Å². The number of hydrogen-bond donors (Lipinski definition) is 1. The molecule has 0 radical (unpaired) electrons. The topological polar surface area (TPSA) is 64.6 Å². The van der Waals surface area contributed by atoms with Gasteiger partial charge in [0.05, 0.1) is 5.52 Å². The van der Waals surface area contributed by atoms with Crippen molar-refractivity contribution >= 4 is 22.9 Å². The number of amides is 2. The van der Waals surface area contributed by atoms with Crippen molar-refractivity contribution in [2.45, 2.75) is 51.4 Å². The maximum atomic E-state index is 13.2. The summed E-state index contributed by atoms with van der Waals surface area (Å²) in [6, 6.07) is 19.4. The molecule has 182 valence electrons. The molecule has 1 spiro atoms. The van der Waals surface area contributed by atoms with E-state index < -0.39 is 0 Å². The molecule has 1 saturated carbocycles. The number of likely N-dealkylation sites (tertiary alicyclic amines) is 1. The van der Waals surface area contributed by atoms with Crippen LogP contribution in [0, 0.1) is 5.41 Å². The first-order valence-corrected chi connectivity index (χ1v) is 12.8. The van der Waals surface area contributed by atoms with Gasteiger partial charge in [-0.3, -0.25) is 4.90 Å². The molecule has 3 aliphatic rings. The quantitative estimate of drug-likeness (QED) is 0.627. The fraction of sp³-hybridized carbons (Fsp3) is 0.464. The Morgan fingerprint density at radius 2 is 1.74 bits per heavy atom. The molecular formula is C28H34N6O. The third-order valence-corrected chi connectivity index (χ3v) is 8.03. The largest absolute Gasteiger partial charge is 0.335 e. The zero-order valence-corrected chi connectivity index (χ0v) is 20.6. The molecule has 1 aliphatic carbocycles. The molecule has 3 fully saturated rings. The zero-order chi connectivity index (χ0) is 24.0. The number of nitrogens with one attached hydrogen (secondary N) is 1. The number of rotatable bonds is 4. The highest BCUT2D eigenvalue weighted by Gasteiger charge is 2.52. The molecule has 0 unspecified atom stereocenters. The lowest BCUT2D eigenvalue weighted by Crippen LogP contribution is -2.68. The van der Waals surface area contributed by atoms with E-state index in [0.717, 1.165) is 55.9 Å². The van der Waals surface area contributed by atoms with Crippen molar-refractivity contribution in [2.75, 3.05) is 31.1 Å². The molecule has 2 amide bonds. The fourth-order valence-electron chi connectivity index (χ4n) is 6.25. The summed E-state index contributed by atoms with van der Waals surface area (Å²) in [6.07, 6.45) is 4.08. The number of carbonyl (C=O) groups excluding carboxylic acids is 1. The van der Waals surface area contributed by atoms with Crippen LogP contribution in [0.1, 0.15) is 32.3 Å². The maximum Gasteiger partial charge on any atom is 0.317 e. The molecule has 3 aromatic rings. The number of piperazine rings is 1. The molecule has 1 aromatic heterocycles. The number of carbonyl (C=O) groups is 1. The summed E-state index contributed by atoms with van der Waals surface area (Å²) >= 11 is 0. The molecule has 7 heteroatoms. The molecule has 0 bridgehead atoms. The lowest BCUT2D eigenvalue weighted by molar-refractivity contribution is -0.0811. The van der Waals surface area contributed by atoms with E-state index in [0.29, 0.717) is 18.0 Å². The third kappa shape index (κ3) is 4.33. The number of anilines is 1. The average molecular weight is 471 g/mol. The number of aromatic nitrogens is 2. The van der Waals surface area contributed by atoms with Crippen LogP contribution < -0.4 is 10.2 Å². The predicted octanol–water partition coefficient (Wildman–Crippen LogP) is 3.90. The SMILES string of the molecule is C[C@@H]1CN(c2ncc3ccccc3n2)[C@@H](C)CN1C(=O)NC1CC2(C1)CN(Cc1ccccc1)C2. The van der Waals surface area contributed by atoms with Crippen molar-refractivity contribution in [1.29, 1.82) is 0 Å². The summed E-state index contributed by atoms with van der Waals surface area (Å²) in [5, 5.41) is 4.37. The van der Waals surface area contributed by atoms with Gasteiger partial charge in [0.2, 0.25) is 5.95 Å². The van der Waals surface area contributed by atoms with Gasteiger partial charge in [0.15, 0.2) is 0 Å². The molecule has 3 heterocycles. The zero-order valence-electron chi connectivity index (χ0n) is 20.6. The van der Waals surface area contributed by atoms with Crippen molar-refractivity contribution in [3.63, 3.8) is 0 Å². The normalized spacial score (nSPS) is 24.3. The minimum atomic E-state index is 0.0729. The van der Waals surface area contributed by atoms with Gasteiger partial charge in [0.1, 0.15) is 0 Å². The summed E-state index contributed by atoms with van der Waals surface area (Å²) in [4.78, 5) is 29.3. The van der Waals surface area contributed by atoms with Gasteiger partial charge in [0, 0.05) is 62.4 Å². The number of hydrogen-bond acceptors (Lipinski definition) is 5. The van der Waals surface area contributed by atoms with Crippen LogP contribution in [-0.4, -0.2) is 70.1 Å². The molecule has 35 heavy (non-hydrogen) atoms. The minimum absolute atomic E-state index is 0.0729. The number of para-hydroxylation sites is 1. The second-order valence-electron chi connectivity index (χ2n) is 10.9. The molecule has 7 nitrogen and oxygen atoms in total. The molecule has 2 aliphatic heterocycles.